The molecule has 1 aromatic heterocycles. The van der Waals surface area contributed by atoms with Gasteiger partial charge in [0.25, 0.3) is 0 Å². The van der Waals surface area contributed by atoms with Crippen LogP contribution in [0.5, 0.6) is 0 Å². The van der Waals surface area contributed by atoms with E-state index < -0.39 is 0 Å². The van der Waals surface area contributed by atoms with Crippen molar-refractivity contribution < 1.29 is 0 Å². The molecule has 0 aliphatic carbocycles. The number of hydrogen-bond donors (Lipinski definition) is 0. The minimum atomic E-state index is 0.118. The van der Waals surface area contributed by atoms with Crippen molar-refractivity contribution in [3.63, 3.8) is 0 Å². The summed E-state index contributed by atoms with van der Waals surface area (Å²) in [6, 6.07) is 35.4. The van der Waals surface area contributed by atoms with Crippen molar-refractivity contribution in [1.29, 1.82) is 0 Å². The third kappa shape index (κ3) is 3.31. The van der Waals surface area contributed by atoms with Gasteiger partial charge >= 0.3 is 0 Å². The van der Waals surface area contributed by atoms with Gasteiger partial charge in [-0.05, 0) is 52.8 Å². The van der Waals surface area contributed by atoms with Gasteiger partial charge in [-0.1, -0.05) is 93.6 Å². The average Bonchev–Trinajstić information content (AvgIpc) is 3.07. The van der Waals surface area contributed by atoms with Crippen LogP contribution >= 0.6 is 0 Å². The molecule has 0 N–H and O–H groups in total. The highest BCUT2D eigenvalue weighted by molar-refractivity contribution is 6.09. The summed E-state index contributed by atoms with van der Waals surface area (Å²) in [6.45, 7) is 6.82. The van der Waals surface area contributed by atoms with Gasteiger partial charge in [-0.25, -0.2) is 0 Å². The Balaban J connectivity index is 1.74. The summed E-state index contributed by atoms with van der Waals surface area (Å²) in [7, 11) is 0. The number of para-hydroxylation sites is 1. The molecule has 4 aromatic carbocycles. The molecule has 0 atom stereocenters. The fraction of sp³-hybridized carbons (Fsp3) is 0.172. The minimum Gasteiger partial charge on any atom is -0.309 e. The van der Waals surface area contributed by atoms with Gasteiger partial charge in [-0.2, -0.15) is 0 Å². The van der Waals surface area contributed by atoms with Crippen molar-refractivity contribution in [2.75, 3.05) is 0 Å². The summed E-state index contributed by atoms with van der Waals surface area (Å²) in [5.41, 5.74) is 7.91. The maximum absolute atomic E-state index is 2.42. The second-order valence-electron chi connectivity index (χ2n) is 9.17. The molecule has 30 heavy (non-hydrogen) atoms. The Labute approximate surface area is 178 Å². The molecule has 148 valence electrons. The molecule has 0 radical (unpaired) electrons. The predicted molar refractivity (Wildman–Crippen MR) is 129 cm³/mol. The third-order valence-electron chi connectivity index (χ3n) is 5.96. The van der Waals surface area contributed by atoms with E-state index >= 15 is 0 Å². The molecule has 5 aromatic rings. The van der Waals surface area contributed by atoms with Crippen LogP contribution in [0.25, 0.3) is 27.5 Å². The summed E-state index contributed by atoms with van der Waals surface area (Å²) >= 11 is 0. The Morgan fingerprint density at radius 1 is 0.600 bits per heavy atom. The van der Waals surface area contributed by atoms with Crippen LogP contribution < -0.4 is 0 Å². The summed E-state index contributed by atoms with van der Waals surface area (Å²) in [5.74, 6) is 0. The average molecular weight is 390 g/mol. The molecule has 5 rings (SSSR count). The Morgan fingerprint density at radius 2 is 1.33 bits per heavy atom. The first-order valence-corrected chi connectivity index (χ1v) is 10.7. The van der Waals surface area contributed by atoms with E-state index in [1.54, 1.807) is 0 Å². The van der Waals surface area contributed by atoms with E-state index in [1.807, 2.05) is 0 Å². The van der Waals surface area contributed by atoms with E-state index in [9.17, 15) is 0 Å². The normalized spacial score (nSPS) is 12.0. The zero-order chi connectivity index (χ0) is 20.7. The molecule has 0 aliphatic heterocycles. The minimum absolute atomic E-state index is 0.118. The zero-order valence-corrected chi connectivity index (χ0v) is 17.9. The van der Waals surface area contributed by atoms with Crippen LogP contribution in [0.1, 0.15) is 37.5 Å². The lowest BCUT2D eigenvalue weighted by Crippen LogP contribution is -2.11. The zero-order valence-electron chi connectivity index (χ0n) is 17.9. The second kappa shape index (κ2) is 7.18. The predicted octanol–water partition coefficient (Wildman–Crippen LogP) is 7.67. The molecule has 1 nitrogen and oxygen atoms in total. The quantitative estimate of drug-likeness (QED) is 0.298. The first kappa shape index (κ1) is 18.7. The number of hydrogen-bond acceptors (Lipinski definition) is 0. The maximum atomic E-state index is 2.42. The topological polar surface area (TPSA) is 4.93 Å². The molecule has 0 aliphatic rings. The van der Waals surface area contributed by atoms with Gasteiger partial charge in [0, 0.05) is 16.5 Å². The van der Waals surface area contributed by atoms with Gasteiger partial charge in [0.1, 0.15) is 0 Å². The number of benzene rings is 4. The third-order valence-corrected chi connectivity index (χ3v) is 5.96. The summed E-state index contributed by atoms with van der Waals surface area (Å²) in [6.07, 6.45) is 0.945. The van der Waals surface area contributed by atoms with Crippen LogP contribution in [0.4, 0.5) is 0 Å². The van der Waals surface area contributed by atoms with Gasteiger partial charge in [-0.3, -0.25) is 0 Å². The Kier molecular flexibility index (Phi) is 4.47. The van der Waals surface area contributed by atoms with Crippen LogP contribution in [0.15, 0.2) is 97.1 Å². The number of nitrogens with zero attached hydrogens (tertiary/aromatic N) is 1. The molecule has 1 heteroatoms. The lowest BCUT2D eigenvalue weighted by molar-refractivity contribution is 0.590. The van der Waals surface area contributed by atoms with Crippen LogP contribution in [0.3, 0.4) is 0 Å². The SMILES string of the molecule is CC(C)(C)c1cccc(-n2c3ccccc3c3ccc(Cc4ccccc4)cc32)c1. The summed E-state index contributed by atoms with van der Waals surface area (Å²) < 4.78 is 2.42. The lowest BCUT2D eigenvalue weighted by Gasteiger charge is -2.20. The monoisotopic (exact) mass is 389 g/mol. The van der Waals surface area contributed by atoms with Gasteiger partial charge in [-0.15, -0.1) is 0 Å². The molecular weight excluding hydrogens is 362 g/mol. The second-order valence-corrected chi connectivity index (χ2v) is 9.17. The van der Waals surface area contributed by atoms with Crippen molar-refractivity contribution in [1.82, 2.24) is 4.57 Å². The Bertz CT molecular complexity index is 1330. The lowest BCUT2D eigenvalue weighted by atomic mass is 9.87. The highest BCUT2D eigenvalue weighted by Gasteiger charge is 2.17. The van der Waals surface area contributed by atoms with Gasteiger partial charge in [0.05, 0.1) is 11.0 Å². The first-order chi connectivity index (χ1) is 14.5. The van der Waals surface area contributed by atoms with Gasteiger partial charge in [0.15, 0.2) is 0 Å². The molecule has 0 fully saturated rings. The molecule has 0 spiro atoms. The van der Waals surface area contributed by atoms with Crippen molar-refractivity contribution >= 4 is 21.8 Å². The molecule has 0 amide bonds. The Morgan fingerprint density at radius 3 is 2.13 bits per heavy atom. The van der Waals surface area contributed by atoms with E-state index in [2.05, 4.69) is 122 Å². The van der Waals surface area contributed by atoms with Crippen LogP contribution in [-0.2, 0) is 11.8 Å². The number of rotatable bonds is 3. The molecule has 0 unspecified atom stereocenters. The van der Waals surface area contributed by atoms with E-state index in [0.29, 0.717) is 0 Å². The highest BCUT2D eigenvalue weighted by Crippen LogP contribution is 2.34. The van der Waals surface area contributed by atoms with Crippen LogP contribution in [0, 0.1) is 0 Å². The molecular formula is C29H27N. The highest BCUT2D eigenvalue weighted by atomic mass is 15.0. The summed E-state index contributed by atoms with van der Waals surface area (Å²) in [5, 5.41) is 2.61. The van der Waals surface area contributed by atoms with Crippen molar-refractivity contribution in [2.24, 2.45) is 0 Å². The molecule has 0 saturated heterocycles. The number of fused-ring (bicyclic) bond motifs is 3. The van der Waals surface area contributed by atoms with E-state index in [4.69, 9.17) is 0 Å². The standard InChI is InChI=1S/C29H27N/c1-29(2,3)23-12-9-13-24(20-23)30-27-15-8-7-14-25(27)26-17-16-22(19-28(26)30)18-21-10-5-4-6-11-21/h4-17,19-20H,18H2,1-3H3. The van der Waals surface area contributed by atoms with E-state index in [0.717, 1.165) is 6.42 Å². The van der Waals surface area contributed by atoms with Gasteiger partial charge < -0.3 is 4.57 Å². The van der Waals surface area contributed by atoms with E-state index in [1.165, 1.54) is 44.2 Å². The van der Waals surface area contributed by atoms with Crippen LogP contribution in [-0.4, -0.2) is 4.57 Å². The fourth-order valence-electron chi connectivity index (χ4n) is 4.35. The van der Waals surface area contributed by atoms with Gasteiger partial charge in [0.2, 0.25) is 0 Å². The van der Waals surface area contributed by atoms with Crippen molar-refractivity contribution in [3.8, 4) is 5.69 Å². The Hall–Kier alpha value is -3.32. The maximum Gasteiger partial charge on any atom is 0.0543 e. The van der Waals surface area contributed by atoms with Crippen LogP contribution in [0.2, 0.25) is 0 Å². The molecule has 0 saturated carbocycles. The van der Waals surface area contributed by atoms with Crippen molar-refractivity contribution in [3.05, 3.63) is 114 Å². The molecule has 0 bridgehead atoms. The fourth-order valence-corrected chi connectivity index (χ4v) is 4.35. The largest absolute Gasteiger partial charge is 0.309 e. The smallest absolute Gasteiger partial charge is 0.0543 e. The van der Waals surface area contributed by atoms with E-state index in [-0.39, 0.29) is 5.41 Å². The molecule has 1 heterocycles. The first-order valence-electron chi connectivity index (χ1n) is 10.7. The van der Waals surface area contributed by atoms with Crippen molar-refractivity contribution in [2.45, 2.75) is 32.6 Å². The summed E-state index contributed by atoms with van der Waals surface area (Å²) in [4.78, 5) is 0. The number of aromatic nitrogens is 1.